The topological polar surface area (TPSA) is 57.8 Å². The molecule has 0 bridgehead atoms. The highest BCUT2D eigenvalue weighted by molar-refractivity contribution is 5.94. The van der Waals surface area contributed by atoms with Crippen molar-refractivity contribution in [2.24, 2.45) is 0 Å². The minimum atomic E-state index is -0.0762. The Morgan fingerprint density at radius 3 is 2.44 bits per heavy atom. The van der Waals surface area contributed by atoms with E-state index in [1.165, 1.54) is 0 Å². The van der Waals surface area contributed by atoms with Crippen LogP contribution < -0.4 is 5.32 Å². The van der Waals surface area contributed by atoms with Gasteiger partial charge in [-0.2, -0.15) is 5.10 Å². The largest absolute Gasteiger partial charge is 0.348 e. The van der Waals surface area contributed by atoms with Gasteiger partial charge in [0.05, 0.1) is 11.2 Å². The van der Waals surface area contributed by atoms with Crippen LogP contribution in [0, 0.1) is 0 Å². The number of para-hydroxylation sites is 1. The van der Waals surface area contributed by atoms with Crippen LogP contribution in [0.3, 0.4) is 0 Å². The second-order valence-corrected chi connectivity index (χ2v) is 6.28. The van der Waals surface area contributed by atoms with Crippen LogP contribution >= 0.6 is 0 Å². The molecule has 4 aromatic rings. The summed E-state index contributed by atoms with van der Waals surface area (Å²) in [6, 6.07) is 25.4. The molecule has 2 N–H and O–H groups in total. The molecule has 1 aromatic heterocycles. The van der Waals surface area contributed by atoms with Crippen molar-refractivity contribution in [3.63, 3.8) is 0 Å². The highest BCUT2D eigenvalue weighted by Gasteiger charge is 2.05. The molecule has 1 amide bonds. The van der Waals surface area contributed by atoms with Crippen LogP contribution in [-0.4, -0.2) is 16.1 Å². The average molecular weight is 353 g/mol. The first-order chi connectivity index (χ1) is 13.3. The molecule has 0 spiro atoms. The number of benzene rings is 3. The van der Waals surface area contributed by atoms with E-state index < -0.39 is 0 Å². The maximum absolute atomic E-state index is 12.3. The number of carbonyl (C=O) groups is 1. The van der Waals surface area contributed by atoms with E-state index in [2.05, 4.69) is 15.5 Å². The van der Waals surface area contributed by atoms with Crippen LogP contribution in [0.1, 0.15) is 27.2 Å². The van der Waals surface area contributed by atoms with Gasteiger partial charge in [0.1, 0.15) is 0 Å². The van der Waals surface area contributed by atoms with Crippen molar-refractivity contribution in [1.82, 2.24) is 15.5 Å². The molecule has 0 radical (unpaired) electrons. The number of amides is 1. The highest BCUT2D eigenvalue weighted by atomic mass is 16.1. The molecule has 1 heterocycles. The number of hydrogen-bond donors (Lipinski definition) is 2. The normalized spacial score (nSPS) is 11.1. The molecule has 0 unspecified atom stereocenters. The lowest BCUT2D eigenvalue weighted by Crippen LogP contribution is -2.22. The van der Waals surface area contributed by atoms with E-state index in [1.54, 1.807) is 0 Å². The molecule has 0 aliphatic rings. The standard InChI is InChI=1S/C23H19N3O/c27-23(24-16-18-6-2-1-3-7-18)19-13-10-17(11-14-19)12-15-22-20-8-4-5-9-21(20)25-26-22/h1-15H,16H2,(H,24,27)(H,25,26)/b15-12+. The van der Waals surface area contributed by atoms with Crippen molar-refractivity contribution in [2.45, 2.75) is 6.54 Å². The summed E-state index contributed by atoms with van der Waals surface area (Å²) in [6.45, 7) is 0.521. The van der Waals surface area contributed by atoms with Crippen LogP contribution in [0.25, 0.3) is 23.1 Å². The van der Waals surface area contributed by atoms with Crippen molar-refractivity contribution in [1.29, 1.82) is 0 Å². The van der Waals surface area contributed by atoms with Crippen LogP contribution in [0.5, 0.6) is 0 Å². The smallest absolute Gasteiger partial charge is 0.251 e. The van der Waals surface area contributed by atoms with Gasteiger partial charge in [-0.05, 0) is 35.4 Å². The quantitative estimate of drug-likeness (QED) is 0.548. The first kappa shape index (κ1) is 16.8. The Bertz CT molecular complexity index is 1080. The third-order valence-electron chi connectivity index (χ3n) is 4.40. The van der Waals surface area contributed by atoms with Crippen molar-refractivity contribution in [3.05, 3.63) is 101 Å². The summed E-state index contributed by atoms with van der Waals surface area (Å²) >= 11 is 0. The van der Waals surface area contributed by atoms with E-state index in [0.717, 1.165) is 27.7 Å². The van der Waals surface area contributed by atoms with Crippen LogP contribution in [0.4, 0.5) is 0 Å². The maximum Gasteiger partial charge on any atom is 0.251 e. The number of carbonyl (C=O) groups excluding carboxylic acids is 1. The molecule has 4 nitrogen and oxygen atoms in total. The summed E-state index contributed by atoms with van der Waals surface area (Å²) in [5, 5.41) is 11.4. The Morgan fingerprint density at radius 2 is 1.63 bits per heavy atom. The van der Waals surface area contributed by atoms with Crippen LogP contribution in [-0.2, 0) is 6.54 Å². The predicted octanol–water partition coefficient (Wildman–Crippen LogP) is 4.66. The molecule has 0 atom stereocenters. The molecule has 0 fully saturated rings. The van der Waals surface area contributed by atoms with Gasteiger partial charge in [0, 0.05) is 17.5 Å². The molecule has 0 aliphatic carbocycles. The minimum absolute atomic E-state index is 0.0762. The van der Waals surface area contributed by atoms with Gasteiger partial charge in [0.2, 0.25) is 0 Å². The maximum atomic E-state index is 12.3. The van der Waals surface area contributed by atoms with E-state index in [0.29, 0.717) is 12.1 Å². The third kappa shape index (κ3) is 3.96. The highest BCUT2D eigenvalue weighted by Crippen LogP contribution is 2.17. The molecule has 0 saturated carbocycles. The number of aromatic amines is 1. The Morgan fingerprint density at radius 1 is 0.889 bits per heavy atom. The summed E-state index contributed by atoms with van der Waals surface area (Å²) in [5.74, 6) is -0.0762. The van der Waals surface area contributed by atoms with E-state index >= 15 is 0 Å². The van der Waals surface area contributed by atoms with Crippen molar-refractivity contribution >= 4 is 29.0 Å². The monoisotopic (exact) mass is 353 g/mol. The Kier molecular flexibility index (Phi) is 4.79. The number of hydrogen-bond acceptors (Lipinski definition) is 2. The fourth-order valence-corrected chi connectivity index (χ4v) is 2.91. The van der Waals surface area contributed by atoms with Gasteiger partial charge in [0.25, 0.3) is 5.91 Å². The predicted molar refractivity (Wildman–Crippen MR) is 109 cm³/mol. The van der Waals surface area contributed by atoms with Crippen molar-refractivity contribution in [3.8, 4) is 0 Å². The molecule has 0 saturated heterocycles. The lowest BCUT2D eigenvalue weighted by atomic mass is 10.1. The number of rotatable bonds is 5. The van der Waals surface area contributed by atoms with Crippen LogP contribution in [0.2, 0.25) is 0 Å². The molecule has 4 heteroatoms. The lowest BCUT2D eigenvalue weighted by molar-refractivity contribution is 0.0951. The number of aromatic nitrogens is 2. The lowest BCUT2D eigenvalue weighted by Gasteiger charge is -2.05. The average Bonchev–Trinajstić information content (AvgIpc) is 3.15. The van der Waals surface area contributed by atoms with Gasteiger partial charge in [-0.3, -0.25) is 9.89 Å². The van der Waals surface area contributed by atoms with Crippen LogP contribution in [0.15, 0.2) is 78.9 Å². The Balaban J connectivity index is 1.42. The molecule has 132 valence electrons. The number of fused-ring (bicyclic) bond motifs is 1. The van der Waals surface area contributed by atoms with E-state index in [9.17, 15) is 4.79 Å². The zero-order valence-corrected chi connectivity index (χ0v) is 14.7. The van der Waals surface area contributed by atoms with E-state index in [1.807, 2.05) is 91.0 Å². The van der Waals surface area contributed by atoms with Gasteiger partial charge < -0.3 is 5.32 Å². The molecule has 3 aromatic carbocycles. The fraction of sp³-hybridized carbons (Fsp3) is 0.0435. The van der Waals surface area contributed by atoms with E-state index in [-0.39, 0.29) is 5.91 Å². The number of nitrogens with one attached hydrogen (secondary N) is 2. The summed E-state index contributed by atoms with van der Waals surface area (Å²) in [6.07, 6.45) is 3.97. The van der Waals surface area contributed by atoms with Gasteiger partial charge in [0.15, 0.2) is 0 Å². The zero-order valence-electron chi connectivity index (χ0n) is 14.7. The summed E-state index contributed by atoms with van der Waals surface area (Å²) in [5.41, 5.74) is 4.66. The molecule has 27 heavy (non-hydrogen) atoms. The SMILES string of the molecule is O=C(NCc1ccccc1)c1ccc(/C=C/c2n[nH]c3ccccc23)cc1. The number of H-pyrrole nitrogens is 1. The summed E-state index contributed by atoms with van der Waals surface area (Å²) < 4.78 is 0. The second kappa shape index (κ2) is 7.70. The van der Waals surface area contributed by atoms with Gasteiger partial charge >= 0.3 is 0 Å². The molecular formula is C23H19N3O. The fourth-order valence-electron chi connectivity index (χ4n) is 2.91. The molecule has 0 aliphatic heterocycles. The van der Waals surface area contributed by atoms with Gasteiger partial charge in [-0.15, -0.1) is 0 Å². The summed E-state index contributed by atoms with van der Waals surface area (Å²) in [7, 11) is 0. The molecular weight excluding hydrogens is 334 g/mol. The van der Waals surface area contributed by atoms with Gasteiger partial charge in [-0.25, -0.2) is 0 Å². The zero-order chi connectivity index (χ0) is 18.5. The first-order valence-electron chi connectivity index (χ1n) is 8.83. The Hall–Kier alpha value is -3.66. The van der Waals surface area contributed by atoms with Gasteiger partial charge in [-0.1, -0.05) is 66.7 Å². The summed E-state index contributed by atoms with van der Waals surface area (Å²) in [4.78, 5) is 12.3. The minimum Gasteiger partial charge on any atom is -0.348 e. The third-order valence-corrected chi connectivity index (χ3v) is 4.40. The Labute approximate surface area is 157 Å². The first-order valence-corrected chi connectivity index (χ1v) is 8.83. The second-order valence-electron chi connectivity index (χ2n) is 6.28. The van der Waals surface area contributed by atoms with E-state index in [4.69, 9.17) is 0 Å². The molecule has 4 rings (SSSR count). The van der Waals surface area contributed by atoms with Crippen molar-refractivity contribution < 1.29 is 4.79 Å². The van der Waals surface area contributed by atoms with Crippen molar-refractivity contribution in [2.75, 3.05) is 0 Å². The number of nitrogens with zero attached hydrogens (tertiary/aromatic N) is 1.